The maximum atomic E-state index is 13.8. The van der Waals surface area contributed by atoms with Crippen LogP contribution in [0.15, 0.2) is 18.2 Å². The summed E-state index contributed by atoms with van der Waals surface area (Å²) in [5, 5.41) is 3.45. The minimum atomic E-state index is -0.455. The number of benzene rings is 1. The van der Waals surface area contributed by atoms with E-state index in [1.807, 2.05) is 0 Å². The standard InChI is InChI=1S/C16H24F2N2/c1-11-9-20(15(8-19-11)16(2,3)4)10-12-13(17)6-5-7-14(12)18/h5-7,11,15,19H,8-10H2,1-4H3. The van der Waals surface area contributed by atoms with Gasteiger partial charge >= 0.3 is 0 Å². The molecule has 1 fully saturated rings. The van der Waals surface area contributed by atoms with Gasteiger partial charge in [-0.1, -0.05) is 26.8 Å². The number of piperazine rings is 1. The Morgan fingerprint density at radius 1 is 1.25 bits per heavy atom. The van der Waals surface area contributed by atoms with Gasteiger partial charge in [-0.3, -0.25) is 4.90 Å². The van der Waals surface area contributed by atoms with Gasteiger partial charge in [0.05, 0.1) is 0 Å². The van der Waals surface area contributed by atoms with Gasteiger partial charge in [0.25, 0.3) is 0 Å². The maximum absolute atomic E-state index is 13.8. The van der Waals surface area contributed by atoms with Crippen molar-refractivity contribution in [1.29, 1.82) is 0 Å². The maximum Gasteiger partial charge on any atom is 0.130 e. The lowest BCUT2D eigenvalue weighted by Gasteiger charge is -2.46. The summed E-state index contributed by atoms with van der Waals surface area (Å²) in [6.45, 7) is 10.6. The normalized spacial score (nSPS) is 24.9. The fourth-order valence-electron chi connectivity index (χ4n) is 2.90. The molecule has 1 N–H and O–H groups in total. The van der Waals surface area contributed by atoms with Crippen LogP contribution in [0.4, 0.5) is 8.78 Å². The number of rotatable bonds is 2. The van der Waals surface area contributed by atoms with Crippen molar-refractivity contribution in [2.24, 2.45) is 5.41 Å². The Kier molecular flexibility index (Phi) is 4.45. The lowest BCUT2D eigenvalue weighted by molar-refractivity contribution is 0.0508. The van der Waals surface area contributed by atoms with Crippen LogP contribution in [0, 0.1) is 17.0 Å². The third-order valence-corrected chi connectivity index (χ3v) is 4.03. The van der Waals surface area contributed by atoms with E-state index in [1.54, 1.807) is 0 Å². The van der Waals surface area contributed by atoms with Crippen molar-refractivity contribution in [3.8, 4) is 0 Å². The fourth-order valence-corrected chi connectivity index (χ4v) is 2.90. The molecule has 1 aromatic rings. The summed E-state index contributed by atoms with van der Waals surface area (Å²) < 4.78 is 27.7. The Bertz CT molecular complexity index is 448. The number of nitrogens with one attached hydrogen (secondary N) is 1. The minimum absolute atomic E-state index is 0.0644. The fraction of sp³-hybridized carbons (Fsp3) is 0.625. The Morgan fingerprint density at radius 3 is 2.40 bits per heavy atom. The van der Waals surface area contributed by atoms with Crippen molar-refractivity contribution in [2.45, 2.75) is 46.3 Å². The van der Waals surface area contributed by atoms with Gasteiger partial charge in [0, 0.05) is 37.3 Å². The number of halogens is 2. The molecular weight excluding hydrogens is 258 g/mol. The van der Waals surface area contributed by atoms with Crippen molar-refractivity contribution < 1.29 is 8.78 Å². The number of hydrogen-bond acceptors (Lipinski definition) is 2. The number of nitrogens with zero attached hydrogens (tertiary/aromatic N) is 1. The molecule has 1 aliphatic heterocycles. The predicted octanol–water partition coefficient (Wildman–Crippen LogP) is 3.17. The van der Waals surface area contributed by atoms with Gasteiger partial charge in [-0.05, 0) is 24.5 Å². The predicted molar refractivity (Wildman–Crippen MR) is 77.5 cm³/mol. The molecule has 112 valence electrons. The zero-order valence-electron chi connectivity index (χ0n) is 12.7. The Morgan fingerprint density at radius 2 is 1.85 bits per heavy atom. The summed E-state index contributed by atoms with van der Waals surface area (Å²) in [6.07, 6.45) is 0. The number of hydrogen-bond donors (Lipinski definition) is 1. The van der Waals surface area contributed by atoms with Crippen LogP contribution < -0.4 is 5.32 Å². The third kappa shape index (κ3) is 3.36. The van der Waals surface area contributed by atoms with Crippen LogP contribution in [-0.4, -0.2) is 30.1 Å². The second-order valence-corrected chi connectivity index (χ2v) is 6.82. The van der Waals surface area contributed by atoms with Crippen molar-refractivity contribution in [1.82, 2.24) is 10.2 Å². The first kappa shape index (κ1) is 15.4. The zero-order chi connectivity index (χ0) is 14.9. The third-order valence-electron chi connectivity index (χ3n) is 4.03. The van der Waals surface area contributed by atoms with E-state index in [1.165, 1.54) is 18.2 Å². The van der Waals surface area contributed by atoms with Crippen LogP contribution in [0.2, 0.25) is 0 Å². The average Bonchev–Trinajstić information content (AvgIpc) is 2.32. The highest BCUT2D eigenvalue weighted by molar-refractivity contribution is 5.20. The molecule has 2 atom stereocenters. The van der Waals surface area contributed by atoms with E-state index in [0.717, 1.165) is 13.1 Å². The van der Waals surface area contributed by atoms with Crippen LogP contribution >= 0.6 is 0 Å². The molecule has 0 radical (unpaired) electrons. The molecule has 2 unspecified atom stereocenters. The lowest BCUT2D eigenvalue weighted by Crippen LogP contribution is -2.59. The van der Waals surface area contributed by atoms with Crippen LogP contribution in [0.1, 0.15) is 33.3 Å². The van der Waals surface area contributed by atoms with Gasteiger partial charge in [0.2, 0.25) is 0 Å². The van der Waals surface area contributed by atoms with E-state index < -0.39 is 11.6 Å². The van der Waals surface area contributed by atoms with E-state index in [4.69, 9.17) is 0 Å². The molecule has 20 heavy (non-hydrogen) atoms. The van der Waals surface area contributed by atoms with E-state index in [0.29, 0.717) is 12.6 Å². The first-order valence-corrected chi connectivity index (χ1v) is 7.19. The van der Waals surface area contributed by atoms with Gasteiger partial charge in [-0.25, -0.2) is 8.78 Å². The van der Waals surface area contributed by atoms with Crippen LogP contribution in [0.5, 0.6) is 0 Å². The summed E-state index contributed by atoms with van der Waals surface area (Å²) >= 11 is 0. The van der Waals surface area contributed by atoms with Crippen molar-refractivity contribution >= 4 is 0 Å². The van der Waals surface area contributed by atoms with E-state index in [-0.39, 0.29) is 17.0 Å². The highest BCUT2D eigenvalue weighted by atomic mass is 19.1. The topological polar surface area (TPSA) is 15.3 Å². The van der Waals surface area contributed by atoms with Crippen LogP contribution in [0.3, 0.4) is 0 Å². The van der Waals surface area contributed by atoms with Gasteiger partial charge in [0.15, 0.2) is 0 Å². The molecule has 0 bridgehead atoms. The Balaban J connectivity index is 2.24. The van der Waals surface area contributed by atoms with Gasteiger partial charge < -0.3 is 5.32 Å². The lowest BCUT2D eigenvalue weighted by atomic mass is 9.83. The van der Waals surface area contributed by atoms with Gasteiger partial charge in [-0.2, -0.15) is 0 Å². The second kappa shape index (κ2) is 5.78. The van der Waals surface area contributed by atoms with E-state index >= 15 is 0 Å². The van der Waals surface area contributed by atoms with Crippen LogP contribution in [-0.2, 0) is 6.54 Å². The minimum Gasteiger partial charge on any atom is -0.311 e. The molecule has 0 aliphatic carbocycles. The molecule has 0 spiro atoms. The quantitative estimate of drug-likeness (QED) is 0.896. The molecule has 2 nitrogen and oxygen atoms in total. The van der Waals surface area contributed by atoms with Crippen molar-refractivity contribution in [3.05, 3.63) is 35.4 Å². The monoisotopic (exact) mass is 282 g/mol. The summed E-state index contributed by atoms with van der Waals surface area (Å²) in [6, 6.07) is 4.67. The summed E-state index contributed by atoms with van der Waals surface area (Å²) in [4.78, 5) is 2.20. The van der Waals surface area contributed by atoms with Crippen molar-refractivity contribution in [3.63, 3.8) is 0 Å². The largest absolute Gasteiger partial charge is 0.311 e. The molecule has 0 saturated carbocycles. The molecule has 0 amide bonds. The van der Waals surface area contributed by atoms with E-state index in [9.17, 15) is 8.78 Å². The average molecular weight is 282 g/mol. The molecule has 1 saturated heterocycles. The molecule has 1 heterocycles. The van der Waals surface area contributed by atoms with E-state index in [2.05, 4.69) is 37.9 Å². The van der Waals surface area contributed by atoms with Gasteiger partial charge in [0.1, 0.15) is 11.6 Å². The smallest absolute Gasteiger partial charge is 0.130 e. The Hall–Kier alpha value is -1.00. The molecule has 2 rings (SSSR count). The highest BCUT2D eigenvalue weighted by Gasteiger charge is 2.35. The summed E-state index contributed by atoms with van der Waals surface area (Å²) in [7, 11) is 0. The molecule has 1 aromatic carbocycles. The summed E-state index contributed by atoms with van der Waals surface area (Å²) in [5.74, 6) is -0.910. The molecule has 0 aromatic heterocycles. The Labute approximate surface area is 120 Å². The highest BCUT2D eigenvalue weighted by Crippen LogP contribution is 2.28. The molecule has 4 heteroatoms. The van der Waals surface area contributed by atoms with Crippen molar-refractivity contribution in [2.75, 3.05) is 13.1 Å². The molecular formula is C16H24F2N2. The first-order valence-electron chi connectivity index (χ1n) is 7.19. The first-order chi connectivity index (χ1) is 9.29. The summed E-state index contributed by atoms with van der Waals surface area (Å²) in [5.41, 5.74) is 0.241. The van der Waals surface area contributed by atoms with Crippen LogP contribution in [0.25, 0.3) is 0 Å². The second-order valence-electron chi connectivity index (χ2n) is 6.82. The zero-order valence-corrected chi connectivity index (χ0v) is 12.7. The SMILES string of the molecule is CC1CN(Cc2c(F)cccc2F)C(C(C)(C)C)CN1. The molecule has 1 aliphatic rings. The van der Waals surface area contributed by atoms with Gasteiger partial charge in [-0.15, -0.1) is 0 Å².